The molecule has 1 amide bonds. The second-order valence-corrected chi connectivity index (χ2v) is 6.19. The number of nitrogens with one attached hydrogen (secondary N) is 1. The first-order valence-corrected chi connectivity index (χ1v) is 8.37. The fourth-order valence-corrected chi connectivity index (χ4v) is 2.28. The van der Waals surface area contributed by atoms with E-state index in [1.807, 2.05) is 0 Å². The number of rotatable bonds is 6. The van der Waals surface area contributed by atoms with E-state index in [-0.39, 0.29) is 16.7 Å². The third kappa shape index (κ3) is 6.07. The zero-order chi connectivity index (χ0) is 20.0. The first-order chi connectivity index (χ1) is 12.8. The van der Waals surface area contributed by atoms with E-state index in [1.54, 1.807) is 13.8 Å². The average Bonchev–Trinajstić information content (AvgIpc) is 2.59. The SMILES string of the molecule is CC(C)OC(=O)c1ccc(NC(=O)COC(=O)c2ccc(F)cc2Cl)cc1. The molecule has 142 valence electrons. The van der Waals surface area contributed by atoms with Crippen molar-refractivity contribution in [3.05, 3.63) is 64.4 Å². The van der Waals surface area contributed by atoms with Gasteiger partial charge in [-0.25, -0.2) is 14.0 Å². The highest BCUT2D eigenvalue weighted by Crippen LogP contribution is 2.18. The second-order valence-electron chi connectivity index (χ2n) is 5.78. The number of benzene rings is 2. The Balaban J connectivity index is 1.88. The highest BCUT2D eigenvalue weighted by molar-refractivity contribution is 6.33. The Hall–Kier alpha value is -2.93. The molecular weight excluding hydrogens is 377 g/mol. The summed E-state index contributed by atoms with van der Waals surface area (Å²) in [6, 6.07) is 9.27. The number of amides is 1. The highest BCUT2D eigenvalue weighted by atomic mass is 35.5. The smallest absolute Gasteiger partial charge is 0.340 e. The molecule has 1 N–H and O–H groups in total. The van der Waals surface area contributed by atoms with Crippen LogP contribution in [0.2, 0.25) is 5.02 Å². The van der Waals surface area contributed by atoms with Gasteiger partial charge in [0.15, 0.2) is 6.61 Å². The number of halogens is 2. The molecule has 2 rings (SSSR count). The Bertz CT molecular complexity index is 852. The molecule has 0 bridgehead atoms. The Morgan fingerprint density at radius 3 is 2.33 bits per heavy atom. The van der Waals surface area contributed by atoms with E-state index in [0.29, 0.717) is 11.3 Å². The van der Waals surface area contributed by atoms with E-state index in [2.05, 4.69) is 5.32 Å². The van der Waals surface area contributed by atoms with Crippen LogP contribution in [0.15, 0.2) is 42.5 Å². The molecule has 0 heterocycles. The van der Waals surface area contributed by atoms with Gasteiger partial charge in [0.25, 0.3) is 5.91 Å². The molecule has 0 fully saturated rings. The van der Waals surface area contributed by atoms with Crippen LogP contribution in [0.1, 0.15) is 34.6 Å². The summed E-state index contributed by atoms with van der Waals surface area (Å²) in [6.07, 6.45) is -0.235. The number of hydrogen-bond donors (Lipinski definition) is 1. The lowest BCUT2D eigenvalue weighted by atomic mass is 10.2. The van der Waals surface area contributed by atoms with Crippen LogP contribution in [-0.2, 0) is 14.3 Å². The van der Waals surface area contributed by atoms with E-state index < -0.39 is 30.3 Å². The molecule has 0 aromatic heterocycles. The van der Waals surface area contributed by atoms with E-state index in [9.17, 15) is 18.8 Å². The average molecular weight is 394 g/mol. The fourth-order valence-electron chi connectivity index (χ4n) is 2.03. The van der Waals surface area contributed by atoms with Gasteiger partial charge in [0.1, 0.15) is 5.82 Å². The largest absolute Gasteiger partial charge is 0.459 e. The van der Waals surface area contributed by atoms with Crippen molar-refractivity contribution in [2.45, 2.75) is 20.0 Å². The van der Waals surface area contributed by atoms with Crippen molar-refractivity contribution in [1.82, 2.24) is 0 Å². The zero-order valence-corrected chi connectivity index (χ0v) is 15.4. The van der Waals surface area contributed by atoms with Crippen LogP contribution in [0.5, 0.6) is 0 Å². The topological polar surface area (TPSA) is 81.7 Å². The predicted molar refractivity (Wildman–Crippen MR) is 97.3 cm³/mol. The van der Waals surface area contributed by atoms with Gasteiger partial charge in [0, 0.05) is 5.69 Å². The maximum atomic E-state index is 13.0. The molecule has 8 heteroatoms. The minimum atomic E-state index is -0.845. The number of esters is 2. The van der Waals surface area contributed by atoms with Crippen molar-refractivity contribution in [1.29, 1.82) is 0 Å². The van der Waals surface area contributed by atoms with Crippen molar-refractivity contribution in [2.75, 3.05) is 11.9 Å². The molecule has 0 radical (unpaired) electrons. The summed E-state index contributed by atoms with van der Waals surface area (Å²) in [5.74, 6) is -2.48. The predicted octanol–water partition coefficient (Wildman–Crippen LogP) is 3.84. The van der Waals surface area contributed by atoms with Crippen LogP contribution >= 0.6 is 11.6 Å². The number of ether oxygens (including phenoxy) is 2. The summed E-state index contributed by atoms with van der Waals surface area (Å²) < 4.78 is 22.9. The van der Waals surface area contributed by atoms with Crippen LogP contribution in [0.4, 0.5) is 10.1 Å². The molecular formula is C19H17ClFNO5. The molecule has 0 spiro atoms. The molecule has 6 nitrogen and oxygen atoms in total. The Morgan fingerprint density at radius 2 is 1.74 bits per heavy atom. The summed E-state index contributed by atoms with van der Waals surface area (Å²) in [6.45, 7) is 2.93. The van der Waals surface area contributed by atoms with Gasteiger partial charge >= 0.3 is 11.9 Å². The lowest BCUT2D eigenvalue weighted by Crippen LogP contribution is -2.21. The minimum Gasteiger partial charge on any atom is -0.459 e. The van der Waals surface area contributed by atoms with Crippen molar-refractivity contribution in [3.63, 3.8) is 0 Å². The monoisotopic (exact) mass is 393 g/mol. The molecule has 0 saturated heterocycles. The van der Waals surface area contributed by atoms with E-state index in [1.165, 1.54) is 30.3 Å². The van der Waals surface area contributed by atoms with Crippen LogP contribution < -0.4 is 5.32 Å². The van der Waals surface area contributed by atoms with Gasteiger partial charge in [0.2, 0.25) is 0 Å². The third-order valence-electron chi connectivity index (χ3n) is 3.23. The minimum absolute atomic E-state index is 0.0427. The number of carbonyl (C=O) groups is 3. The maximum Gasteiger partial charge on any atom is 0.340 e. The summed E-state index contributed by atoms with van der Waals surface area (Å²) in [4.78, 5) is 35.5. The fraction of sp³-hybridized carbons (Fsp3) is 0.211. The molecule has 0 aliphatic rings. The zero-order valence-electron chi connectivity index (χ0n) is 14.6. The van der Waals surface area contributed by atoms with Gasteiger partial charge in [-0.2, -0.15) is 0 Å². The standard InChI is InChI=1S/C19H17ClFNO5/c1-11(2)27-18(24)12-3-6-14(7-4-12)22-17(23)10-26-19(25)15-8-5-13(21)9-16(15)20/h3-9,11H,10H2,1-2H3,(H,22,23). The molecule has 27 heavy (non-hydrogen) atoms. The molecule has 2 aromatic carbocycles. The summed E-state index contributed by atoms with van der Waals surface area (Å²) >= 11 is 5.76. The molecule has 0 atom stereocenters. The van der Waals surface area contributed by atoms with Crippen molar-refractivity contribution >= 4 is 35.1 Å². The number of hydrogen-bond acceptors (Lipinski definition) is 5. The Labute approximate surface area is 160 Å². The van der Waals surface area contributed by atoms with Gasteiger partial charge in [0.05, 0.1) is 22.3 Å². The first-order valence-electron chi connectivity index (χ1n) is 7.99. The highest BCUT2D eigenvalue weighted by Gasteiger charge is 2.15. The van der Waals surface area contributed by atoms with Gasteiger partial charge < -0.3 is 14.8 Å². The van der Waals surface area contributed by atoms with Crippen molar-refractivity contribution < 1.29 is 28.2 Å². The normalized spacial score (nSPS) is 10.4. The molecule has 0 aliphatic carbocycles. The maximum absolute atomic E-state index is 13.0. The lowest BCUT2D eigenvalue weighted by molar-refractivity contribution is -0.119. The van der Waals surface area contributed by atoms with Crippen LogP contribution in [-0.4, -0.2) is 30.6 Å². The molecule has 0 unspecified atom stereocenters. The van der Waals surface area contributed by atoms with Crippen LogP contribution in [0.3, 0.4) is 0 Å². The van der Waals surface area contributed by atoms with Gasteiger partial charge in [-0.1, -0.05) is 11.6 Å². The number of anilines is 1. The van der Waals surface area contributed by atoms with Crippen molar-refractivity contribution in [2.24, 2.45) is 0 Å². The number of carbonyl (C=O) groups excluding carboxylic acids is 3. The van der Waals surface area contributed by atoms with Gasteiger partial charge in [-0.3, -0.25) is 4.79 Å². The quantitative estimate of drug-likeness (QED) is 0.754. The van der Waals surface area contributed by atoms with E-state index in [0.717, 1.165) is 12.1 Å². The lowest BCUT2D eigenvalue weighted by Gasteiger charge is -2.09. The molecule has 2 aromatic rings. The van der Waals surface area contributed by atoms with Crippen LogP contribution in [0, 0.1) is 5.82 Å². The van der Waals surface area contributed by atoms with Gasteiger partial charge in [-0.15, -0.1) is 0 Å². The third-order valence-corrected chi connectivity index (χ3v) is 3.55. The Kier molecular flexibility index (Phi) is 6.90. The van der Waals surface area contributed by atoms with E-state index >= 15 is 0 Å². The molecule has 0 saturated carbocycles. The van der Waals surface area contributed by atoms with Crippen molar-refractivity contribution in [3.8, 4) is 0 Å². The summed E-state index contributed by atoms with van der Waals surface area (Å²) in [7, 11) is 0. The second kappa shape index (κ2) is 9.14. The summed E-state index contributed by atoms with van der Waals surface area (Å²) in [5, 5.41) is 2.41. The van der Waals surface area contributed by atoms with Gasteiger partial charge in [-0.05, 0) is 56.3 Å². The van der Waals surface area contributed by atoms with Crippen LogP contribution in [0.25, 0.3) is 0 Å². The first kappa shape index (κ1) is 20.4. The molecule has 0 aliphatic heterocycles. The summed E-state index contributed by atoms with van der Waals surface area (Å²) in [5.41, 5.74) is 0.718. The Morgan fingerprint density at radius 1 is 1.07 bits per heavy atom. The van der Waals surface area contributed by atoms with E-state index in [4.69, 9.17) is 21.1 Å².